The van der Waals surface area contributed by atoms with Crippen molar-refractivity contribution in [3.63, 3.8) is 0 Å². The van der Waals surface area contributed by atoms with Crippen LogP contribution in [0.1, 0.15) is 31.2 Å². The molecule has 2 aliphatic rings. The number of rotatable bonds is 6. The second kappa shape index (κ2) is 4.35. The number of hydrogen-bond donors (Lipinski definition) is 0. The predicted molar refractivity (Wildman–Crippen MR) is 70.0 cm³/mol. The van der Waals surface area contributed by atoms with Gasteiger partial charge in [0.1, 0.15) is 0 Å². The monoisotopic (exact) mass is 266 g/mol. The second-order valence-electron chi connectivity index (χ2n) is 5.41. The highest BCUT2D eigenvalue weighted by Crippen LogP contribution is 2.50. The van der Waals surface area contributed by atoms with Crippen LogP contribution >= 0.6 is 0 Å². The first kappa shape index (κ1) is 12.2. The predicted octanol–water partition coefficient (Wildman–Crippen LogP) is 2.31. The van der Waals surface area contributed by atoms with Crippen molar-refractivity contribution in [2.45, 2.75) is 42.3 Å². The molecule has 0 N–H and O–H groups in total. The van der Waals surface area contributed by atoms with Crippen molar-refractivity contribution in [3.05, 3.63) is 35.9 Å². The van der Waals surface area contributed by atoms with Crippen LogP contribution < -0.4 is 0 Å². The Morgan fingerprint density at radius 2 is 1.83 bits per heavy atom. The smallest absolute Gasteiger partial charge is 0.161 e. The number of sulfone groups is 1. The summed E-state index contributed by atoms with van der Waals surface area (Å²) in [5.74, 6) is 0. The molecule has 2 saturated carbocycles. The van der Waals surface area contributed by atoms with Gasteiger partial charge in [0.2, 0.25) is 0 Å². The first-order valence-corrected chi connectivity index (χ1v) is 8.04. The maximum absolute atomic E-state index is 12.2. The Hall–Kier alpha value is -0.870. The lowest BCUT2D eigenvalue weighted by atomic mass is 10.2. The van der Waals surface area contributed by atoms with Gasteiger partial charge in [0, 0.05) is 0 Å². The summed E-state index contributed by atoms with van der Waals surface area (Å²) in [6.07, 6.45) is 3.26. The molecule has 0 heterocycles. The molecule has 3 rings (SSSR count). The van der Waals surface area contributed by atoms with Crippen molar-refractivity contribution in [1.82, 2.24) is 0 Å². The van der Waals surface area contributed by atoms with Gasteiger partial charge < -0.3 is 4.74 Å². The van der Waals surface area contributed by atoms with Gasteiger partial charge in [0.05, 0.1) is 23.2 Å². The van der Waals surface area contributed by atoms with Crippen molar-refractivity contribution < 1.29 is 13.2 Å². The molecule has 0 aromatic heterocycles. The Labute approximate surface area is 108 Å². The average Bonchev–Trinajstić information content (AvgIpc) is 3.24. The summed E-state index contributed by atoms with van der Waals surface area (Å²) in [5, 5.41) is -0.0691. The first-order valence-electron chi connectivity index (χ1n) is 6.49. The summed E-state index contributed by atoms with van der Waals surface area (Å²) >= 11 is 0. The summed E-state index contributed by atoms with van der Waals surface area (Å²) in [6.45, 7) is 0.865. The molecule has 0 unspecified atom stereocenters. The van der Waals surface area contributed by atoms with Crippen molar-refractivity contribution >= 4 is 9.84 Å². The molecule has 0 radical (unpaired) electrons. The minimum Gasteiger partial charge on any atom is -0.375 e. The first-order chi connectivity index (χ1) is 8.64. The van der Waals surface area contributed by atoms with E-state index < -0.39 is 14.6 Å². The van der Waals surface area contributed by atoms with Gasteiger partial charge in [0.25, 0.3) is 0 Å². The number of benzene rings is 1. The highest BCUT2D eigenvalue weighted by atomic mass is 32.2. The standard InChI is InChI=1S/C14H18O3S/c15-18(16,13-6-7-13)14(8-9-14)11-17-10-12-4-2-1-3-5-12/h1-5,13H,6-11H2. The molecule has 0 aliphatic heterocycles. The van der Waals surface area contributed by atoms with Crippen molar-refractivity contribution in [2.75, 3.05) is 6.61 Å². The summed E-state index contributed by atoms with van der Waals surface area (Å²) in [4.78, 5) is 0. The summed E-state index contributed by atoms with van der Waals surface area (Å²) in [7, 11) is -2.93. The molecule has 2 fully saturated rings. The largest absolute Gasteiger partial charge is 0.375 e. The number of ether oxygens (including phenoxy) is 1. The molecular formula is C14H18O3S. The zero-order valence-electron chi connectivity index (χ0n) is 10.3. The zero-order chi connectivity index (χ0) is 12.6. The van der Waals surface area contributed by atoms with Gasteiger partial charge in [-0.1, -0.05) is 30.3 Å². The molecule has 0 saturated heterocycles. The third-order valence-electron chi connectivity index (χ3n) is 3.85. The Kier molecular flexibility index (Phi) is 2.94. The molecule has 4 heteroatoms. The summed E-state index contributed by atoms with van der Waals surface area (Å²) < 4.78 is 29.6. The molecule has 0 atom stereocenters. The van der Waals surface area contributed by atoms with E-state index in [4.69, 9.17) is 4.74 Å². The third kappa shape index (κ3) is 2.19. The Balaban J connectivity index is 1.57. The van der Waals surface area contributed by atoms with Crippen molar-refractivity contribution in [2.24, 2.45) is 0 Å². The van der Waals surface area contributed by atoms with E-state index in [9.17, 15) is 8.42 Å². The van der Waals surface area contributed by atoms with E-state index in [1.807, 2.05) is 30.3 Å². The van der Waals surface area contributed by atoms with Crippen LogP contribution in [-0.4, -0.2) is 25.0 Å². The Bertz CT molecular complexity index is 513. The topological polar surface area (TPSA) is 43.4 Å². The zero-order valence-corrected chi connectivity index (χ0v) is 11.2. The van der Waals surface area contributed by atoms with E-state index in [1.165, 1.54) is 0 Å². The maximum atomic E-state index is 12.2. The third-order valence-corrected chi connectivity index (χ3v) is 6.93. The lowest BCUT2D eigenvalue weighted by Crippen LogP contribution is -2.31. The van der Waals surface area contributed by atoms with Crippen LogP contribution in [0.2, 0.25) is 0 Å². The lowest BCUT2D eigenvalue weighted by Gasteiger charge is -2.16. The van der Waals surface area contributed by atoms with Gasteiger partial charge in [-0.3, -0.25) is 0 Å². The summed E-state index contributed by atoms with van der Waals surface area (Å²) in [6, 6.07) is 9.88. The van der Waals surface area contributed by atoms with Crippen LogP contribution in [0.5, 0.6) is 0 Å². The highest BCUT2D eigenvalue weighted by Gasteiger charge is 2.59. The summed E-state index contributed by atoms with van der Waals surface area (Å²) in [5.41, 5.74) is 1.09. The molecule has 0 bridgehead atoms. The fourth-order valence-electron chi connectivity index (χ4n) is 2.31. The molecular weight excluding hydrogens is 248 g/mol. The van der Waals surface area contributed by atoms with E-state index in [2.05, 4.69) is 0 Å². The molecule has 98 valence electrons. The fraction of sp³-hybridized carbons (Fsp3) is 0.571. The van der Waals surface area contributed by atoms with Gasteiger partial charge in [-0.15, -0.1) is 0 Å². The van der Waals surface area contributed by atoms with Crippen molar-refractivity contribution in [3.8, 4) is 0 Å². The Morgan fingerprint density at radius 1 is 1.17 bits per heavy atom. The van der Waals surface area contributed by atoms with Gasteiger partial charge in [-0.25, -0.2) is 8.42 Å². The van der Waals surface area contributed by atoms with Crippen LogP contribution in [-0.2, 0) is 21.2 Å². The van der Waals surface area contributed by atoms with Crippen LogP contribution in [0.3, 0.4) is 0 Å². The minimum atomic E-state index is -2.93. The maximum Gasteiger partial charge on any atom is 0.161 e. The van der Waals surface area contributed by atoms with E-state index in [-0.39, 0.29) is 5.25 Å². The van der Waals surface area contributed by atoms with Crippen LogP contribution in [0, 0.1) is 0 Å². The fourth-order valence-corrected chi connectivity index (χ4v) is 4.69. The van der Waals surface area contributed by atoms with E-state index in [0.29, 0.717) is 13.2 Å². The van der Waals surface area contributed by atoms with Crippen LogP contribution in [0.15, 0.2) is 30.3 Å². The molecule has 0 amide bonds. The molecule has 1 aromatic carbocycles. The SMILES string of the molecule is O=S(=O)(C1CC1)C1(COCc2ccccc2)CC1. The average molecular weight is 266 g/mol. The number of hydrogen-bond acceptors (Lipinski definition) is 3. The van der Waals surface area contributed by atoms with Gasteiger partial charge in [-0.05, 0) is 31.2 Å². The molecule has 3 nitrogen and oxygen atoms in total. The van der Waals surface area contributed by atoms with Gasteiger partial charge in [-0.2, -0.15) is 0 Å². The Morgan fingerprint density at radius 3 is 2.39 bits per heavy atom. The second-order valence-corrected chi connectivity index (χ2v) is 8.03. The molecule has 2 aliphatic carbocycles. The molecule has 0 spiro atoms. The van der Waals surface area contributed by atoms with Crippen LogP contribution in [0.4, 0.5) is 0 Å². The van der Waals surface area contributed by atoms with Gasteiger partial charge >= 0.3 is 0 Å². The van der Waals surface area contributed by atoms with E-state index in [1.54, 1.807) is 0 Å². The van der Waals surface area contributed by atoms with Gasteiger partial charge in [0.15, 0.2) is 9.84 Å². The van der Waals surface area contributed by atoms with Crippen LogP contribution in [0.25, 0.3) is 0 Å². The molecule has 1 aromatic rings. The van der Waals surface area contributed by atoms with E-state index in [0.717, 1.165) is 31.2 Å². The molecule has 18 heavy (non-hydrogen) atoms. The quantitative estimate of drug-likeness (QED) is 0.793. The lowest BCUT2D eigenvalue weighted by molar-refractivity contribution is 0.116. The normalized spacial score (nSPS) is 21.8. The van der Waals surface area contributed by atoms with Crippen molar-refractivity contribution in [1.29, 1.82) is 0 Å². The highest BCUT2D eigenvalue weighted by molar-refractivity contribution is 7.94. The van der Waals surface area contributed by atoms with E-state index >= 15 is 0 Å². The minimum absolute atomic E-state index is 0.0691.